The molecule has 0 saturated heterocycles. The number of thiazole rings is 1. The number of hydrogen-bond acceptors (Lipinski definition) is 4. The molecule has 0 unspecified atom stereocenters. The Morgan fingerprint density at radius 2 is 1.78 bits per heavy atom. The van der Waals surface area contributed by atoms with Crippen LogP contribution < -0.4 is 0 Å². The van der Waals surface area contributed by atoms with Crippen molar-refractivity contribution in [3.05, 3.63) is 76.4 Å². The molecule has 5 nitrogen and oxygen atoms in total. The number of rotatable bonds is 7. The molecule has 0 spiro atoms. The average molecular weight is 466 g/mol. The van der Waals surface area contributed by atoms with Gasteiger partial charge in [-0.3, -0.25) is 4.40 Å². The molecule has 2 aromatic heterocycles. The summed E-state index contributed by atoms with van der Waals surface area (Å²) in [5.74, 6) is 0. The summed E-state index contributed by atoms with van der Waals surface area (Å²) in [4.78, 5) is 6.16. The van der Waals surface area contributed by atoms with Crippen LogP contribution in [0.3, 0.4) is 0 Å². The second kappa shape index (κ2) is 8.14. The van der Waals surface area contributed by atoms with Gasteiger partial charge in [0.1, 0.15) is 0 Å². The molecule has 5 rings (SSSR count). The van der Waals surface area contributed by atoms with E-state index < -0.39 is 10.0 Å². The van der Waals surface area contributed by atoms with Crippen molar-refractivity contribution in [2.45, 2.75) is 51.0 Å². The molecule has 2 heterocycles. The van der Waals surface area contributed by atoms with E-state index >= 15 is 0 Å². The minimum Gasteiger partial charge on any atom is -0.294 e. The Balaban J connectivity index is 1.43. The molecule has 0 atom stereocenters. The van der Waals surface area contributed by atoms with E-state index in [-0.39, 0.29) is 6.04 Å². The number of benzene rings is 2. The number of sulfonamides is 1. The number of imidazole rings is 1. The quantitative estimate of drug-likeness (QED) is 0.368. The lowest BCUT2D eigenvalue weighted by Gasteiger charge is -2.24. The summed E-state index contributed by atoms with van der Waals surface area (Å²) < 4.78 is 31.2. The standard InChI is InChI=1S/C25H27N3O2S2/c1-17-13-18(2)24(19(3)14-17)32(29,30)28(21-9-10-21)12-11-22-16-31-25-26-23(15-27(22)25)20-7-5-4-6-8-20/h4-8,13-16,21H,9-12H2,1-3H3. The third-order valence-corrected chi connectivity index (χ3v) is 9.21. The van der Waals surface area contributed by atoms with E-state index in [1.165, 1.54) is 0 Å². The molecule has 1 aliphatic carbocycles. The number of aryl methyl sites for hydroxylation is 3. The molecule has 0 radical (unpaired) electrons. The molecule has 7 heteroatoms. The molecular weight excluding hydrogens is 438 g/mol. The Bertz CT molecular complexity index is 1360. The van der Waals surface area contributed by atoms with Gasteiger partial charge in [-0.25, -0.2) is 13.4 Å². The van der Waals surface area contributed by atoms with Gasteiger partial charge in [0.15, 0.2) is 4.96 Å². The van der Waals surface area contributed by atoms with Crippen LogP contribution in [0.5, 0.6) is 0 Å². The third-order valence-electron chi connectivity index (χ3n) is 6.07. The summed E-state index contributed by atoms with van der Waals surface area (Å²) in [7, 11) is -3.55. The smallest absolute Gasteiger partial charge is 0.243 e. The molecule has 1 fully saturated rings. The minimum absolute atomic E-state index is 0.108. The second-order valence-electron chi connectivity index (χ2n) is 8.70. The molecule has 1 saturated carbocycles. The maximum absolute atomic E-state index is 13.7. The van der Waals surface area contributed by atoms with Crippen molar-refractivity contribution in [3.8, 4) is 11.3 Å². The highest BCUT2D eigenvalue weighted by Gasteiger charge is 2.39. The summed E-state index contributed by atoms with van der Waals surface area (Å²) in [6.45, 7) is 6.28. The Morgan fingerprint density at radius 3 is 2.44 bits per heavy atom. The lowest BCUT2D eigenvalue weighted by molar-refractivity contribution is 0.405. The van der Waals surface area contributed by atoms with Crippen LogP contribution in [0.4, 0.5) is 0 Å². The first-order chi connectivity index (χ1) is 15.3. The van der Waals surface area contributed by atoms with Crippen LogP contribution in [0.25, 0.3) is 16.2 Å². The van der Waals surface area contributed by atoms with Crippen LogP contribution in [0.1, 0.15) is 35.2 Å². The topological polar surface area (TPSA) is 54.7 Å². The number of hydrogen-bond donors (Lipinski definition) is 0. The van der Waals surface area contributed by atoms with Crippen LogP contribution in [-0.2, 0) is 16.4 Å². The summed E-state index contributed by atoms with van der Waals surface area (Å²) >= 11 is 1.60. The lowest BCUT2D eigenvalue weighted by Crippen LogP contribution is -2.36. The Hall–Kier alpha value is -2.48. The predicted octanol–water partition coefficient (Wildman–Crippen LogP) is 5.38. The second-order valence-corrected chi connectivity index (χ2v) is 11.4. The molecule has 0 N–H and O–H groups in total. The van der Waals surface area contributed by atoms with E-state index in [1.54, 1.807) is 15.6 Å². The molecule has 2 aromatic carbocycles. The highest BCUT2D eigenvalue weighted by Crippen LogP contribution is 2.35. The maximum atomic E-state index is 13.7. The molecule has 166 valence electrons. The van der Waals surface area contributed by atoms with Gasteiger partial charge in [0.05, 0.1) is 10.6 Å². The van der Waals surface area contributed by atoms with Crippen LogP contribution in [0.15, 0.2) is 58.9 Å². The molecule has 0 aliphatic heterocycles. The van der Waals surface area contributed by atoms with E-state index in [1.807, 2.05) is 51.1 Å². The van der Waals surface area contributed by atoms with E-state index in [0.29, 0.717) is 17.9 Å². The number of aromatic nitrogens is 2. The minimum atomic E-state index is -3.55. The van der Waals surface area contributed by atoms with Gasteiger partial charge in [0, 0.05) is 41.8 Å². The fourth-order valence-electron chi connectivity index (χ4n) is 4.53. The summed E-state index contributed by atoms with van der Waals surface area (Å²) in [6, 6.07) is 14.2. The van der Waals surface area contributed by atoms with Gasteiger partial charge in [-0.1, -0.05) is 48.0 Å². The van der Waals surface area contributed by atoms with Crippen molar-refractivity contribution in [2.24, 2.45) is 0 Å². The van der Waals surface area contributed by atoms with Gasteiger partial charge in [-0.05, 0) is 44.7 Å². The fraction of sp³-hybridized carbons (Fsp3) is 0.320. The van der Waals surface area contributed by atoms with E-state index in [9.17, 15) is 8.42 Å². The zero-order valence-corrected chi connectivity index (χ0v) is 20.2. The normalized spacial score (nSPS) is 14.5. The molecular formula is C25H27N3O2S2. The van der Waals surface area contributed by atoms with Gasteiger partial charge < -0.3 is 0 Å². The van der Waals surface area contributed by atoms with Gasteiger partial charge in [0.2, 0.25) is 10.0 Å². The fourth-order valence-corrected chi connectivity index (χ4v) is 7.54. The largest absolute Gasteiger partial charge is 0.294 e. The van der Waals surface area contributed by atoms with Crippen molar-refractivity contribution in [1.29, 1.82) is 0 Å². The van der Waals surface area contributed by atoms with Gasteiger partial charge >= 0.3 is 0 Å². The van der Waals surface area contributed by atoms with Crippen molar-refractivity contribution < 1.29 is 8.42 Å². The van der Waals surface area contributed by atoms with Crippen molar-refractivity contribution in [1.82, 2.24) is 13.7 Å². The van der Waals surface area contributed by atoms with E-state index in [0.717, 1.165) is 51.4 Å². The third kappa shape index (κ3) is 3.89. The van der Waals surface area contributed by atoms with Crippen molar-refractivity contribution in [2.75, 3.05) is 6.54 Å². The summed E-state index contributed by atoms with van der Waals surface area (Å²) in [5, 5.41) is 2.09. The maximum Gasteiger partial charge on any atom is 0.243 e. The number of nitrogens with zero attached hydrogens (tertiary/aromatic N) is 3. The van der Waals surface area contributed by atoms with E-state index in [4.69, 9.17) is 4.98 Å². The monoisotopic (exact) mass is 465 g/mol. The molecule has 4 aromatic rings. The van der Waals surface area contributed by atoms with Crippen LogP contribution in [-0.4, -0.2) is 34.7 Å². The summed E-state index contributed by atoms with van der Waals surface area (Å²) in [5.41, 5.74) is 5.87. The van der Waals surface area contributed by atoms with Crippen LogP contribution in [0.2, 0.25) is 0 Å². The van der Waals surface area contributed by atoms with Gasteiger partial charge in [-0.2, -0.15) is 4.31 Å². The van der Waals surface area contributed by atoms with Crippen LogP contribution in [0, 0.1) is 20.8 Å². The first-order valence-electron chi connectivity index (χ1n) is 10.9. The highest BCUT2D eigenvalue weighted by molar-refractivity contribution is 7.89. The average Bonchev–Trinajstić information content (AvgIpc) is 3.36. The first kappa shape index (κ1) is 21.4. The zero-order chi connectivity index (χ0) is 22.5. The van der Waals surface area contributed by atoms with Crippen molar-refractivity contribution >= 4 is 26.3 Å². The summed E-state index contributed by atoms with van der Waals surface area (Å²) in [6.07, 6.45) is 4.59. The van der Waals surface area contributed by atoms with Crippen molar-refractivity contribution in [3.63, 3.8) is 0 Å². The lowest BCUT2D eigenvalue weighted by atomic mass is 10.1. The number of fused-ring (bicyclic) bond motifs is 1. The molecule has 32 heavy (non-hydrogen) atoms. The molecule has 0 amide bonds. The first-order valence-corrected chi connectivity index (χ1v) is 13.3. The molecule has 0 bridgehead atoms. The van der Waals surface area contributed by atoms with E-state index in [2.05, 4.69) is 28.1 Å². The Labute approximate surface area is 193 Å². The Kier molecular flexibility index (Phi) is 5.43. The highest BCUT2D eigenvalue weighted by atomic mass is 32.2. The SMILES string of the molecule is Cc1cc(C)c(S(=O)(=O)N(CCc2csc3nc(-c4ccccc4)cn23)C2CC2)c(C)c1. The van der Waals surface area contributed by atoms with Crippen LogP contribution >= 0.6 is 11.3 Å². The predicted molar refractivity (Wildman–Crippen MR) is 130 cm³/mol. The Morgan fingerprint density at radius 1 is 1.09 bits per heavy atom. The zero-order valence-electron chi connectivity index (χ0n) is 18.6. The van der Waals surface area contributed by atoms with Gasteiger partial charge in [-0.15, -0.1) is 11.3 Å². The van der Waals surface area contributed by atoms with Gasteiger partial charge in [0.25, 0.3) is 0 Å². The molecule has 1 aliphatic rings.